The standard InChI is InChI=1S/C9H9N3O2S2/c1-2-15-9-12-11-8(16-9)10-7(13)6-3-4-14-5-6/h3-5H,2H2,1H3,(H,10,11,13). The first-order valence-electron chi connectivity index (χ1n) is 4.59. The molecule has 0 aliphatic carbocycles. The second kappa shape index (κ2) is 5.13. The Morgan fingerprint density at radius 1 is 1.62 bits per heavy atom. The minimum Gasteiger partial charge on any atom is -0.472 e. The van der Waals surface area contributed by atoms with Crippen LogP contribution in [0.25, 0.3) is 0 Å². The lowest BCUT2D eigenvalue weighted by Crippen LogP contribution is -2.10. The number of rotatable bonds is 4. The molecule has 0 atom stereocenters. The van der Waals surface area contributed by atoms with E-state index >= 15 is 0 Å². The Morgan fingerprint density at radius 2 is 2.50 bits per heavy atom. The van der Waals surface area contributed by atoms with Crippen LogP contribution in [0.15, 0.2) is 27.3 Å². The molecule has 2 aromatic rings. The van der Waals surface area contributed by atoms with Gasteiger partial charge in [-0.3, -0.25) is 10.1 Å². The van der Waals surface area contributed by atoms with Crippen molar-refractivity contribution in [2.75, 3.05) is 11.1 Å². The lowest BCUT2D eigenvalue weighted by atomic mass is 10.3. The molecule has 0 saturated carbocycles. The number of hydrogen-bond acceptors (Lipinski definition) is 6. The monoisotopic (exact) mass is 255 g/mol. The van der Waals surface area contributed by atoms with Crippen LogP contribution in [0.1, 0.15) is 17.3 Å². The van der Waals surface area contributed by atoms with Gasteiger partial charge in [0.2, 0.25) is 5.13 Å². The second-order valence-electron chi connectivity index (χ2n) is 2.77. The summed E-state index contributed by atoms with van der Waals surface area (Å²) in [4.78, 5) is 11.6. The molecule has 0 aliphatic heterocycles. The summed E-state index contributed by atoms with van der Waals surface area (Å²) >= 11 is 2.96. The number of thioether (sulfide) groups is 1. The number of carbonyl (C=O) groups excluding carboxylic acids is 1. The SMILES string of the molecule is CCSc1nnc(NC(=O)c2ccoc2)s1. The molecule has 0 saturated heterocycles. The van der Waals surface area contributed by atoms with Gasteiger partial charge in [-0.05, 0) is 11.8 Å². The Bertz CT molecular complexity index is 467. The van der Waals surface area contributed by atoms with Crippen molar-refractivity contribution in [2.24, 2.45) is 0 Å². The quantitative estimate of drug-likeness (QED) is 0.671. The molecule has 2 rings (SSSR count). The lowest BCUT2D eigenvalue weighted by molar-refractivity contribution is 0.102. The third-order valence-corrected chi connectivity index (χ3v) is 3.53. The smallest absolute Gasteiger partial charge is 0.260 e. The van der Waals surface area contributed by atoms with Crippen molar-refractivity contribution in [1.82, 2.24) is 10.2 Å². The van der Waals surface area contributed by atoms with Crippen LogP contribution in [-0.4, -0.2) is 21.9 Å². The topological polar surface area (TPSA) is 68.0 Å². The number of hydrogen-bond donors (Lipinski definition) is 1. The van der Waals surface area contributed by atoms with Crippen LogP contribution >= 0.6 is 23.1 Å². The number of nitrogens with zero attached hydrogens (tertiary/aromatic N) is 2. The van der Waals surface area contributed by atoms with E-state index in [1.807, 2.05) is 6.92 Å². The van der Waals surface area contributed by atoms with Gasteiger partial charge in [0.05, 0.1) is 11.8 Å². The zero-order valence-corrected chi connectivity index (χ0v) is 10.1. The molecule has 2 aromatic heterocycles. The van der Waals surface area contributed by atoms with Gasteiger partial charge < -0.3 is 4.42 Å². The average Bonchev–Trinajstić information content (AvgIpc) is 2.89. The van der Waals surface area contributed by atoms with Crippen molar-refractivity contribution in [1.29, 1.82) is 0 Å². The molecular formula is C9H9N3O2S2. The third-order valence-electron chi connectivity index (χ3n) is 1.68. The number of anilines is 1. The Kier molecular flexibility index (Phi) is 3.58. The van der Waals surface area contributed by atoms with E-state index in [2.05, 4.69) is 15.5 Å². The van der Waals surface area contributed by atoms with Gasteiger partial charge in [0.15, 0.2) is 4.34 Å². The third kappa shape index (κ3) is 2.61. The highest BCUT2D eigenvalue weighted by Crippen LogP contribution is 2.25. The fourth-order valence-electron chi connectivity index (χ4n) is 1.01. The molecule has 0 unspecified atom stereocenters. The van der Waals surface area contributed by atoms with Crippen LogP contribution in [0.3, 0.4) is 0 Å². The fraction of sp³-hybridized carbons (Fsp3) is 0.222. The zero-order valence-electron chi connectivity index (χ0n) is 8.47. The molecule has 0 aliphatic rings. The van der Waals surface area contributed by atoms with E-state index < -0.39 is 0 Å². The second-order valence-corrected chi connectivity index (χ2v) is 5.26. The van der Waals surface area contributed by atoms with Crippen molar-refractivity contribution in [3.63, 3.8) is 0 Å². The van der Waals surface area contributed by atoms with E-state index in [0.29, 0.717) is 10.7 Å². The van der Waals surface area contributed by atoms with Gasteiger partial charge in [-0.25, -0.2) is 0 Å². The van der Waals surface area contributed by atoms with Gasteiger partial charge in [0.1, 0.15) is 6.26 Å². The van der Waals surface area contributed by atoms with Gasteiger partial charge in [-0.1, -0.05) is 30.0 Å². The molecule has 5 nitrogen and oxygen atoms in total. The van der Waals surface area contributed by atoms with Gasteiger partial charge in [-0.2, -0.15) is 0 Å². The van der Waals surface area contributed by atoms with Crippen molar-refractivity contribution in [3.05, 3.63) is 24.2 Å². The van der Waals surface area contributed by atoms with E-state index in [9.17, 15) is 4.79 Å². The molecule has 16 heavy (non-hydrogen) atoms. The Morgan fingerprint density at radius 3 is 3.19 bits per heavy atom. The molecule has 1 N–H and O–H groups in total. The predicted octanol–water partition coefficient (Wildman–Crippen LogP) is 2.50. The number of nitrogens with one attached hydrogen (secondary N) is 1. The number of furan rings is 1. The van der Waals surface area contributed by atoms with Crippen molar-refractivity contribution in [2.45, 2.75) is 11.3 Å². The average molecular weight is 255 g/mol. The molecule has 84 valence electrons. The Hall–Kier alpha value is -1.34. The molecule has 0 fully saturated rings. The normalized spacial score (nSPS) is 10.3. The molecule has 0 radical (unpaired) electrons. The van der Waals surface area contributed by atoms with Crippen molar-refractivity contribution < 1.29 is 9.21 Å². The zero-order chi connectivity index (χ0) is 11.4. The minimum atomic E-state index is -0.238. The summed E-state index contributed by atoms with van der Waals surface area (Å²) in [6.45, 7) is 2.04. The number of aromatic nitrogens is 2. The Labute approximate surface area is 100 Å². The molecule has 0 bridgehead atoms. The molecular weight excluding hydrogens is 246 g/mol. The maximum absolute atomic E-state index is 11.6. The van der Waals surface area contributed by atoms with Crippen LogP contribution < -0.4 is 5.32 Å². The summed E-state index contributed by atoms with van der Waals surface area (Å²) in [5.74, 6) is 0.697. The van der Waals surface area contributed by atoms with E-state index in [1.54, 1.807) is 17.8 Å². The molecule has 7 heteroatoms. The largest absolute Gasteiger partial charge is 0.472 e. The summed E-state index contributed by atoms with van der Waals surface area (Å²) in [7, 11) is 0. The molecule has 0 aromatic carbocycles. The fourth-order valence-corrected chi connectivity index (χ4v) is 2.65. The van der Waals surface area contributed by atoms with Crippen LogP contribution in [0.4, 0.5) is 5.13 Å². The van der Waals surface area contributed by atoms with Crippen molar-refractivity contribution in [3.8, 4) is 0 Å². The van der Waals surface area contributed by atoms with Gasteiger partial charge in [0.25, 0.3) is 5.91 Å². The predicted molar refractivity (Wildman–Crippen MR) is 63.0 cm³/mol. The van der Waals surface area contributed by atoms with Crippen LogP contribution in [0.5, 0.6) is 0 Å². The summed E-state index contributed by atoms with van der Waals surface area (Å²) in [6, 6.07) is 1.60. The lowest BCUT2D eigenvalue weighted by Gasteiger charge is -1.95. The molecule has 2 heterocycles. The van der Waals surface area contributed by atoms with E-state index in [4.69, 9.17) is 4.42 Å². The summed E-state index contributed by atoms with van der Waals surface area (Å²) in [5.41, 5.74) is 0.472. The maximum Gasteiger partial charge on any atom is 0.260 e. The first-order valence-corrected chi connectivity index (χ1v) is 6.39. The first kappa shape index (κ1) is 11.2. The van der Waals surface area contributed by atoms with Gasteiger partial charge in [0, 0.05) is 0 Å². The van der Waals surface area contributed by atoms with Crippen molar-refractivity contribution >= 4 is 34.1 Å². The molecule has 0 spiro atoms. The van der Waals surface area contributed by atoms with Crippen LogP contribution in [-0.2, 0) is 0 Å². The van der Waals surface area contributed by atoms with E-state index in [0.717, 1.165) is 10.1 Å². The summed E-state index contributed by atoms with van der Waals surface area (Å²) in [6.07, 6.45) is 2.84. The van der Waals surface area contributed by atoms with Crippen LogP contribution in [0.2, 0.25) is 0 Å². The highest BCUT2D eigenvalue weighted by Gasteiger charge is 2.10. The van der Waals surface area contributed by atoms with E-state index in [-0.39, 0.29) is 5.91 Å². The highest BCUT2D eigenvalue weighted by molar-refractivity contribution is 8.01. The Balaban J connectivity index is 2.01. The maximum atomic E-state index is 11.6. The van der Waals surface area contributed by atoms with Crippen LogP contribution in [0, 0.1) is 0 Å². The van der Waals surface area contributed by atoms with E-state index in [1.165, 1.54) is 23.9 Å². The molecule has 1 amide bonds. The highest BCUT2D eigenvalue weighted by atomic mass is 32.2. The number of amides is 1. The number of carbonyl (C=O) groups is 1. The summed E-state index contributed by atoms with van der Waals surface area (Å²) < 4.78 is 5.67. The summed E-state index contributed by atoms with van der Waals surface area (Å²) in [5, 5.41) is 11.0. The van der Waals surface area contributed by atoms with Gasteiger partial charge in [-0.15, -0.1) is 10.2 Å². The first-order chi connectivity index (χ1) is 7.79. The minimum absolute atomic E-state index is 0.238. The van der Waals surface area contributed by atoms with Gasteiger partial charge >= 0.3 is 0 Å².